The predicted octanol–water partition coefficient (Wildman–Crippen LogP) is 3.96. The molecule has 2 rings (SSSR count). The van der Waals surface area contributed by atoms with Crippen LogP contribution in [0, 0.1) is 0 Å². The molecule has 2 aromatic carbocycles. The number of nitrogens with one attached hydrogen (secondary N) is 2. The van der Waals surface area contributed by atoms with Gasteiger partial charge >= 0.3 is 0 Å². The SMILES string of the molecule is O=C(CCCc1ccc(Cl)c(Cl)c1)NCCCNC(=O)c1cccc(O)c1. The number of halogens is 2. The molecule has 0 aromatic heterocycles. The predicted molar refractivity (Wildman–Crippen MR) is 107 cm³/mol. The number of amides is 2. The summed E-state index contributed by atoms with van der Waals surface area (Å²) in [6.45, 7) is 0.934. The van der Waals surface area contributed by atoms with Gasteiger partial charge in [-0.3, -0.25) is 9.59 Å². The Morgan fingerprint density at radius 3 is 2.44 bits per heavy atom. The van der Waals surface area contributed by atoms with Crippen LogP contribution in [0.2, 0.25) is 10.0 Å². The highest BCUT2D eigenvalue weighted by atomic mass is 35.5. The fraction of sp³-hybridized carbons (Fsp3) is 0.300. The van der Waals surface area contributed by atoms with Crippen LogP contribution in [0.3, 0.4) is 0 Å². The van der Waals surface area contributed by atoms with Crippen LogP contribution in [-0.2, 0) is 11.2 Å². The monoisotopic (exact) mass is 408 g/mol. The number of phenolic OH excluding ortho intramolecular Hbond substituents is 1. The summed E-state index contributed by atoms with van der Waals surface area (Å²) in [4.78, 5) is 23.7. The van der Waals surface area contributed by atoms with Crippen molar-refractivity contribution in [1.29, 1.82) is 0 Å². The smallest absolute Gasteiger partial charge is 0.251 e. The first-order valence-corrected chi connectivity index (χ1v) is 9.49. The Morgan fingerprint density at radius 2 is 1.70 bits per heavy atom. The third-order valence-corrected chi connectivity index (χ3v) is 4.66. The number of aryl methyl sites for hydroxylation is 1. The molecule has 0 aliphatic carbocycles. The Labute approximate surface area is 168 Å². The Morgan fingerprint density at radius 1 is 0.926 bits per heavy atom. The fourth-order valence-corrected chi connectivity index (χ4v) is 2.82. The molecule has 2 aromatic rings. The first kappa shape index (κ1) is 21.1. The van der Waals surface area contributed by atoms with Gasteiger partial charge in [0.05, 0.1) is 10.0 Å². The van der Waals surface area contributed by atoms with Crippen LogP contribution >= 0.6 is 23.2 Å². The van der Waals surface area contributed by atoms with Gasteiger partial charge in [-0.05, 0) is 55.2 Å². The van der Waals surface area contributed by atoms with Crippen molar-refractivity contribution in [2.24, 2.45) is 0 Å². The lowest BCUT2D eigenvalue weighted by Crippen LogP contribution is -2.29. The molecule has 27 heavy (non-hydrogen) atoms. The van der Waals surface area contributed by atoms with Crippen molar-refractivity contribution >= 4 is 35.0 Å². The lowest BCUT2D eigenvalue weighted by molar-refractivity contribution is -0.121. The molecule has 0 fully saturated rings. The van der Waals surface area contributed by atoms with Crippen LogP contribution in [0.1, 0.15) is 35.2 Å². The second kappa shape index (κ2) is 10.8. The van der Waals surface area contributed by atoms with Crippen molar-refractivity contribution in [1.82, 2.24) is 10.6 Å². The molecular formula is C20H22Cl2N2O3. The van der Waals surface area contributed by atoms with E-state index >= 15 is 0 Å². The normalized spacial score (nSPS) is 10.4. The van der Waals surface area contributed by atoms with Gasteiger partial charge in [0.2, 0.25) is 5.91 Å². The molecule has 0 radical (unpaired) electrons. The number of phenols is 1. The van der Waals surface area contributed by atoms with Crippen LogP contribution in [-0.4, -0.2) is 30.0 Å². The maximum atomic E-state index is 11.9. The molecule has 5 nitrogen and oxygen atoms in total. The van der Waals surface area contributed by atoms with Crippen molar-refractivity contribution in [3.05, 3.63) is 63.6 Å². The molecule has 0 aliphatic heterocycles. The van der Waals surface area contributed by atoms with Crippen molar-refractivity contribution in [3.8, 4) is 5.75 Å². The Balaban J connectivity index is 1.56. The average molecular weight is 409 g/mol. The summed E-state index contributed by atoms with van der Waals surface area (Å²) >= 11 is 11.8. The third-order valence-electron chi connectivity index (χ3n) is 3.92. The molecular weight excluding hydrogens is 387 g/mol. The first-order valence-electron chi connectivity index (χ1n) is 8.73. The van der Waals surface area contributed by atoms with E-state index in [4.69, 9.17) is 23.2 Å². The lowest BCUT2D eigenvalue weighted by Gasteiger charge is -2.07. The quantitative estimate of drug-likeness (QED) is 0.549. The lowest BCUT2D eigenvalue weighted by atomic mass is 10.1. The fourth-order valence-electron chi connectivity index (χ4n) is 2.50. The highest BCUT2D eigenvalue weighted by Gasteiger charge is 2.06. The van der Waals surface area contributed by atoms with E-state index in [0.29, 0.717) is 41.5 Å². The van der Waals surface area contributed by atoms with Crippen molar-refractivity contribution < 1.29 is 14.7 Å². The highest BCUT2D eigenvalue weighted by Crippen LogP contribution is 2.23. The van der Waals surface area contributed by atoms with Gasteiger partial charge < -0.3 is 15.7 Å². The van der Waals surface area contributed by atoms with E-state index < -0.39 is 0 Å². The van der Waals surface area contributed by atoms with E-state index in [2.05, 4.69) is 10.6 Å². The molecule has 0 bridgehead atoms. The summed E-state index contributed by atoms with van der Waals surface area (Å²) in [6.07, 6.45) is 2.53. The molecule has 2 amide bonds. The van der Waals surface area contributed by atoms with Crippen LogP contribution in [0.5, 0.6) is 5.75 Å². The maximum absolute atomic E-state index is 11.9. The topological polar surface area (TPSA) is 78.4 Å². The minimum atomic E-state index is -0.251. The van der Waals surface area contributed by atoms with Crippen LogP contribution in [0.4, 0.5) is 0 Å². The number of carbonyl (C=O) groups excluding carboxylic acids is 2. The number of benzene rings is 2. The average Bonchev–Trinajstić information content (AvgIpc) is 2.64. The van der Waals surface area contributed by atoms with Gasteiger partial charge in [-0.15, -0.1) is 0 Å². The van der Waals surface area contributed by atoms with Gasteiger partial charge in [0.15, 0.2) is 0 Å². The van der Waals surface area contributed by atoms with Crippen LogP contribution in [0.25, 0.3) is 0 Å². The van der Waals surface area contributed by atoms with Gasteiger partial charge in [0.25, 0.3) is 5.91 Å². The highest BCUT2D eigenvalue weighted by molar-refractivity contribution is 6.42. The molecule has 7 heteroatoms. The zero-order valence-electron chi connectivity index (χ0n) is 14.8. The number of aromatic hydroxyl groups is 1. The van der Waals surface area contributed by atoms with Gasteiger partial charge in [-0.25, -0.2) is 0 Å². The number of rotatable bonds is 9. The molecule has 3 N–H and O–H groups in total. The minimum absolute atomic E-state index is 0.0191. The van der Waals surface area contributed by atoms with E-state index in [1.807, 2.05) is 12.1 Å². The van der Waals surface area contributed by atoms with E-state index in [9.17, 15) is 14.7 Å². The van der Waals surface area contributed by atoms with Crippen LogP contribution in [0.15, 0.2) is 42.5 Å². The molecule has 0 atom stereocenters. The summed E-state index contributed by atoms with van der Waals surface area (Å²) in [5, 5.41) is 16.0. The molecule has 144 valence electrons. The van der Waals surface area contributed by atoms with Crippen molar-refractivity contribution in [3.63, 3.8) is 0 Å². The zero-order valence-corrected chi connectivity index (χ0v) is 16.3. The Kier molecular flexibility index (Phi) is 8.43. The largest absolute Gasteiger partial charge is 0.508 e. The van der Waals surface area contributed by atoms with Crippen molar-refractivity contribution in [2.45, 2.75) is 25.7 Å². The Bertz CT molecular complexity index is 797. The van der Waals surface area contributed by atoms with Gasteiger partial charge in [-0.1, -0.05) is 35.3 Å². The molecule has 0 saturated heterocycles. The maximum Gasteiger partial charge on any atom is 0.251 e. The minimum Gasteiger partial charge on any atom is -0.508 e. The number of hydrogen-bond donors (Lipinski definition) is 3. The Hall–Kier alpha value is -2.24. The standard InChI is InChI=1S/C20H22Cl2N2O3/c21-17-9-8-14(12-18(17)22)4-1-7-19(26)23-10-3-11-24-20(27)15-5-2-6-16(25)13-15/h2,5-6,8-9,12-13,25H,1,3-4,7,10-11H2,(H,23,26)(H,24,27). The third kappa shape index (κ3) is 7.49. The van der Waals surface area contributed by atoms with Crippen molar-refractivity contribution in [2.75, 3.05) is 13.1 Å². The van der Waals surface area contributed by atoms with Crippen LogP contribution < -0.4 is 10.6 Å². The molecule has 0 heterocycles. The molecule has 0 saturated carbocycles. The van der Waals surface area contributed by atoms with E-state index in [1.165, 1.54) is 12.1 Å². The summed E-state index contributed by atoms with van der Waals surface area (Å²) in [5.41, 5.74) is 1.45. The second-order valence-corrected chi connectivity index (χ2v) is 6.93. The van der Waals surface area contributed by atoms with Gasteiger partial charge in [-0.2, -0.15) is 0 Å². The summed E-state index contributed by atoms with van der Waals surface area (Å²) < 4.78 is 0. The van der Waals surface area contributed by atoms with Gasteiger partial charge in [0.1, 0.15) is 5.75 Å². The molecule has 0 aliphatic rings. The summed E-state index contributed by atoms with van der Waals surface area (Å²) in [5.74, 6) is -0.219. The van der Waals surface area contributed by atoms with E-state index in [1.54, 1.807) is 18.2 Å². The van der Waals surface area contributed by atoms with E-state index in [-0.39, 0.29) is 17.6 Å². The van der Waals surface area contributed by atoms with Gasteiger partial charge in [0, 0.05) is 25.1 Å². The number of hydrogen-bond acceptors (Lipinski definition) is 3. The first-order chi connectivity index (χ1) is 13.0. The van der Waals surface area contributed by atoms with E-state index in [0.717, 1.165) is 18.4 Å². The molecule has 0 unspecified atom stereocenters. The summed E-state index contributed by atoms with van der Waals surface area (Å²) in [6, 6.07) is 11.6. The second-order valence-electron chi connectivity index (χ2n) is 6.11. The zero-order chi connectivity index (χ0) is 19.6. The summed E-state index contributed by atoms with van der Waals surface area (Å²) in [7, 11) is 0. The number of carbonyl (C=O) groups is 2. The molecule has 0 spiro atoms.